The summed E-state index contributed by atoms with van der Waals surface area (Å²) in [7, 11) is 0. The topological polar surface area (TPSA) is 26.0 Å². The minimum absolute atomic E-state index is 0.0218. The van der Waals surface area contributed by atoms with Gasteiger partial charge in [-0.15, -0.1) is 0 Å². The van der Waals surface area contributed by atoms with E-state index in [1.807, 2.05) is 73.7 Å². The fourth-order valence-corrected chi connectivity index (χ4v) is 3.24. The van der Waals surface area contributed by atoms with Crippen molar-refractivity contribution in [2.45, 2.75) is 25.3 Å². The Morgan fingerprint density at radius 2 is 1.64 bits per heavy atom. The van der Waals surface area contributed by atoms with Crippen LogP contribution in [-0.4, -0.2) is 6.04 Å². The van der Waals surface area contributed by atoms with E-state index in [4.69, 9.17) is 17.3 Å². The second-order valence-corrected chi connectivity index (χ2v) is 6.84. The largest absolute Gasteiger partial charge is 0.327 e. The first-order valence-corrected chi connectivity index (χ1v) is 8.77. The Balaban J connectivity index is 1.92. The molecule has 3 aromatic rings. The number of rotatable bonds is 5. The lowest BCUT2D eigenvalue weighted by molar-refractivity contribution is 0.564. The van der Waals surface area contributed by atoms with Gasteiger partial charge in [-0.25, -0.2) is 4.39 Å². The number of hydrogen-bond donors (Lipinski definition) is 1. The van der Waals surface area contributed by atoms with Crippen LogP contribution in [-0.2, 0) is 6.42 Å². The molecule has 0 fully saturated rings. The molecule has 0 spiro atoms. The highest BCUT2D eigenvalue weighted by Gasteiger charge is 2.18. The molecule has 2 atom stereocenters. The summed E-state index contributed by atoms with van der Waals surface area (Å²) in [6, 6.07) is 22.7. The van der Waals surface area contributed by atoms with E-state index in [1.165, 1.54) is 6.07 Å². The van der Waals surface area contributed by atoms with Crippen LogP contribution >= 0.6 is 11.6 Å². The standard InChI is InChI=1S/C22H21ClFN/c1-15(25)20(18-8-10-19(23)11-9-18)13-16-7-12-22(24)21(14-16)17-5-3-2-4-6-17/h2-12,14-15,20H,13,25H2,1H3. The molecule has 1 nitrogen and oxygen atoms in total. The van der Waals surface area contributed by atoms with E-state index in [1.54, 1.807) is 0 Å². The first-order valence-electron chi connectivity index (χ1n) is 8.39. The molecule has 0 saturated carbocycles. The summed E-state index contributed by atoms with van der Waals surface area (Å²) in [5.41, 5.74) is 9.94. The van der Waals surface area contributed by atoms with Crippen molar-refractivity contribution in [3.8, 4) is 11.1 Å². The SMILES string of the molecule is CC(N)C(Cc1ccc(F)c(-c2ccccc2)c1)c1ccc(Cl)cc1. The molecule has 2 N–H and O–H groups in total. The predicted octanol–water partition coefficient (Wildman–Crippen LogP) is 5.82. The van der Waals surface area contributed by atoms with Gasteiger partial charge in [0.05, 0.1) is 0 Å². The molecule has 0 aliphatic heterocycles. The third-order valence-corrected chi connectivity index (χ3v) is 4.76. The van der Waals surface area contributed by atoms with Gasteiger partial charge in [-0.3, -0.25) is 0 Å². The Bertz CT molecular complexity index is 828. The molecule has 0 aliphatic carbocycles. The van der Waals surface area contributed by atoms with E-state index in [0.29, 0.717) is 10.6 Å². The van der Waals surface area contributed by atoms with Gasteiger partial charge in [0, 0.05) is 22.5 Å². The van der Waals surface area contributed by atoms with Crippen LogP contribution in [0.4, 0.5) is 4.39 Å². The first-order chi connectivity index (χ1) is 12.0. The van der Waals surface area contributed by atoms with Crippen LogP contribution in [0.2, 0.25) is 5.02 Å². The van der Waals surface area contributed by atoms with Crippen molar-refractivity contribution in [3.05, 3.63) is 94.8 Å². The first kappa shape index (κ1) is 17.7. The highest BCUT2D eigenvalue weighted by atomic mass is 35.5. The van der Waals surface area contributed by atoms with Gasteiger partial charge < -0.3 is 5.73 Å². The molecule has 0 aromatic heterocycles. The zero-order valence-corrected chi connectivity index (χ0v) is 14.9. The van der Waals surface area contributed by atoms with Crippen molar-refractivity contribution in [2.24, 2.45) is 5.73 Å². The Hall–Kier alpha value is -2.16. The lowest BCUT2D eigenvalue weighted by atomic mass is 9.86. The van der Waals surface area contributed by atoms with Gasteiger partial charge in [-0.05, 0) is 54.3 Å². The van der Waals surface area contributed by atoms with E-state index >= 15 is 0 Å². The normalized spacial score (nSPS) is 13.4. The van der Waals surface area contributed by atoms with Gasteiger partial charge >= 0.3 is 0 Å². The monoisotopic (exact) mass is 353 g/mol. The Morgan fingerprint density at radius 3 is 2.28 bits per heavy atom. The van der Waals surface area contributed by atoms with Crippen LogP contribution in [0.3, 0.4) is 0 Å². The molecule has 128 valence electrons. The van der Waals surface area contributed by atoms with Gasteiger partial charge in [-0.2, -0.15) is 0 Å². The lowest BCUT2D eigenvalue weighted by Crippen LogP contribution is -2.26. The third-order valence-electron chi connectivity index (χ3n) is 4.50. The van der Waals surface area contributed by atoms with Gasteiger partial charge in [-0.1, -0.05) is 60.1 Å². The second kappa shape index (κ2) is 7.81. The Kier molecular flexibility index (Phi) is 5.52. The summed E-state index contributed by atoms with van der Waals surface area (Å²) >= 11 is 5.99. The molecule has 25 heavy (non-hydrogen) atoms. The lowest BCUT2D eigenvalue weighted by Gasteiger charge is -2.22. The maximum atomic E-state index is 14.3. The average molecular weight is 354 g/mol. The van der Waals surface area contributed by atoms with Gasteiger partial charge in [0.25, 0.3) is 0 Å². The van der Waals surface area contributed by atoms with E-state index in [-0.39, 0.29) is 17.8 Å². The number of benzene rings is 3. The van der Waals surface area contributed by atoms with Crippen LogP contribution in [0, 0.1) is 5.82 Å². The highest BCUT2D eigenvalue weighted by molar-refractivity contribution is 6.30. The molecule has 3 heteroatoms. The van der Waals surface area contributed by atoms with Gasteiger partial charge in [0.1, 0.15) is 5.82 Å². The van der Waals surface area contributed by atoms with Crippen LogP contribution in [0.1, 0.15) is 24.0 Å². The summed E-state index contributed by atoms with van der Waals surface area (Å²) in [6.07, 6.45) is 0.749. The molecule has 0 amide bonds. The smallest absolute Gasteiger partial charge is 0.131 e. The molecular formula is C22H21ClFN. The van der Waals surface area contributed by atoms with Crippen LogP contribution < -0.4 is 5.73 Å². The quantitative estimate of drug-likeness (QED) is 0.614. The molecule has 0 radical (unpaired) electrons. The summed E-state index contributed by atoms with van der Waals surface area (Å²) in [5, 5.41) is 0.709. The zero-order chi connectivity index (χ0) is 17.8. The van der Waals surface area contributed by atoms with E-state index in [9.17, 15) is 4.39 Å². The van der Waals surface area contributed by atoms with Crippen molar-refractivity contribution in [1.29, 1.82) is 0 Å². The number of hydrogen-bond acceptors (Lipinski definition) is 1. The van der Waals surface area contributed by atoms with Crippen LogP contribution in [0.15, 0.2) is 72.8 Å². The maximum Gasteiger partial charge on any atom is 0.131 e. The fourth-order valence-electron chi connectivity index (χ4n) is 3.11. The van der Waals surface area contributed by atoms with Crippen LogP contribution in [0.25, 0.3) is 11.1 Å². The molecule has 2 unspecified atom stereocenters. The van der Waals surface area contributed by atoms with Gasteiger partial charge in [0.15, 0.2) is 0 Å². The van der Waals surface area contributed by atoms with E-state index in [2.05, 4.69) is 0 Å². The molecule has 3 rings (SSSR count). The van der Waals surface area contributed by atoms with Crippen molar-refractivity contribution >= 4 is 11.6 Å². The zero-order valence-electron chi connectivity index (χ0n) is 14.1. The summed E-state index contributed by atoms with van der Waals surface area (Å²) < 4.78 is 14.3. The second-order valence-electron chi connectivity index (χ2n) is 6.40. The highest BCUT2D eigenvalue weighted by Crippen LogP contribution is 2.29. The third kappa shape index (κ3) is 4.28. The minimum atomic E-state index is -0.209. The van der Waals surface area contributed by atoms with Crippen LogP contribution in [0.5, 0.6) is 0 Å². The van der Waals surface area contributed by atoms with Crippen molar-refractivity contribution in [3.63, 3.8) is 0 Å². The van der Waals surface area contributed by atoms with E-state index < -0.39 is 0 Å². The Labute approximate surface area is 153 Å². The minimum Gasteiger partial charge on any atom is -0.327 e. The molecule has 3 aromatic carbocycles. The number of halogens is 2. The van der Waals surface area contributed by atoms with E-state index in [0.717, 1.165) is 23.1 Å². The molecule has 0 bridgehead atoms. The van der Waals surface area contributed by atoms with Crippen molar-refractivity contribution < 1.29 is 4.39 Å². The summed E-state index contributed by atoms with van der Waals surface area (Å²) in [5.74, 6) is -0.0647. The molecular weight excluding hydrogens is 333 g/mol. The maximum absolute atomic E-state index is 14.3. The molecule has 0 aliphatic rings. The van der Waals surface area contributed by atoms with Crippen molar-refractivity contribution in [1.82, 2.24) is 0 Å². The number of nitrogens with two attached hydrogens (primary N) is 1. The average Bonchev–Trinajstić information content (AvgIpc) is 2.62. The fraction of sp³-hybridized carbons (Fsp3) is 0.182. The molecule has 0 saturated heterocycles. The Morgan fingerprint density at radius 1 is 0.960 bits per heavy atom. The molecule has 0 heterocycles. The van der Waals surface area contributed by atoms with Gasteiger partial charge in [0.2, 0.25) is 0 Å². The summed E-state index contributed by atoms with van der Waals surface area (Å²) in [4.78, 5) is 0. The predicted molar refractivity (Wildman–Crippen MR) is 103 cm³/mol. The summed E-state index contributed by atoms with van der Waals surface area (Å²) in [6.45, 7) is 2.00. The van der Waals surface area contributed by atoms with Crippen molar-refractivity contribution in [2.75, 3.05) is 0 Å².